The molecule has 0 saturated carbocycles. The highest BCUT2D eigenvalue weighted by atomic mass is 35.5. The van der Waals surface area contributed by atoms with Crippen molar-refractivity contribution in [1.82, 2.24) is 0 Å². The van der Waals surface area contributed by atoms with Crippen LogP contribution in [0, 0.1) is 0 Å². The average Bonchev–Trinajstić information content (AvgIpc) is 2.13. The van der Waals surface area contributed by atoms with Gasteiger partial charge < -0.3 is 0 Å². The molecule has 2 bridgehead atoms. The van der Waals surface area contributed by atoms with Crippen molar-refractivity contribution in [3.05, 3.63) is 0 Å². The maximum absolute atomic E-state index is 5.82. The van der Waals surface area contributed by atoms with Crippen molar-refractivity contribution in [3.63, 3.8) is 0 Å². The van der Waals surface area contributed by atoms with E-state index in [1.807, 2.05) is 0 Å². The molecule has 0 spiro atoms. The summed E-state index contributed by atoms with van der Waals surface area (Å²) in [6.07, 6.45) is 11.1. The van der Waals surface area contributed by atoms with Crippen LogP contribution in [0.4, 0.5) is 0 Å². The van der Waals surface area contributed by atoms with Gasteiger partial charge in [-0.15, -0.1) is 23.2 Å². The van der Waals surface area contributed by atoms with Crippen molar-refractivity contribution in [2.24, 2.45) is 0 Å². The second kappa shape index (κ2) is 5.12. The summed E-state index contributed by atoms with van der Waals surface area (Å²) in [5.41, 5.74) is 0. The quantitative estimate of drug-likeness (QED) is 0.485. The zero-order chi connectivity index (χ0) is 9.97. The van der Waals surface area contributed by atoms with Crippen molar-refractivity contribution in [1.29, 1.82) is 0 Å². The van der Waals surface area contributed by atoms with Gasteiger partial charge in [-0.1, -0.05) is 56.5 Å². The third-order valence-corrected chi connectivity index (χ3v) is 4.67. The van der Waals surface area contributed by atoms with E-state index in [1.54, 1.807) is 0 Å². The summed E-state index contributed by atoms with van der Waals surface area (Å²) in [6, 6.07) is 0. The third-order valence-electron chi connectivity index (χ3n) is 4.23. The van der Waals surface area contributed by atoms with Gasteiger partial charge in [0, 0.05) is 0 Å². The number of rotatable bonds is 3. The van der Waals surface area contributed by atoms with Crippen LogP contribution in [0.3, 0.4) is 0 Å². The van der Waals surface area contributed by atoms with E-state index in [-0.39, 0.29) is 4.84 Å². The van der Waals surface area contributed by atoms with Gasteiger partial charge >= 0.3 is 0 Å². The smallest absolute Gasteiger partial charge is 0.105 e. The Hall–Kier alpha value is 0.645. The van der Waals surface area contributed by atoms with E-state index in [2.05, 4.69) is 0 Å². The zero-order valence-corrected chi connectivity index (χ0v) is 10.2. The van der Waals surface area contributed by atoms with Crippen LogP contribution in [0.25, 0.3) is 0 Å². The molecule has 3 heteroatoms. The van der Waals surface area contributed by atoms with Crippen LogP contribution in [0.2, 0.25) is 18.0 Å². The summed E-state index contributed by atoms with van der Waals surface area (Å²) in [4.78, 5) is -0.141. The number of hydrogen-bond acceptors (Lipinski definition) is 0. The standard InChI is InChI=1S/C11H19BCl2/c13-11(14)7-8-12-9-3-1-4-10(12)6-2-5-9/h9-11H,1-8H2. The molecule has 0 aromatic carbocycles. The highest BCUT2D eigenvalue weighted by molar-refractivity contribution is 6.62. The van der Waals surface area contributed by atoms with Gasteiger partial charge in [0.1, 0.15) is 11.5 Å². The largest absolute Gasteiger partial charge is 0.146 e. The van der Waals surface area contributed by atoms with E-state index in [4.69, 9.17) is 23.2 Å². The van der Waals surface area contributed by atoms with Gasteiger partial charge in [-0.3, -0.25) is 0 Å². The Bertz CT molecular complexity index is 162. The molecule has 2 fully saturated rings. The lowest BCUT2D eigenvalue weighted by molar-refractivity contribution is 0.441. The lowest BCUT2D eigenvalue weighted by Crippen LogP contribution is -2.34. The number of halogens is 2. The van der Waals surface area contributed by atoms with Gasteiger partial charge in [0.25, 0.3) is 0 Å². The summed E-state index contributed by atoms with van der Waals surface area (Å²) in [5, 5.41) is 0. The van der Waals surface area contributed by atoms with Crippen molar-refractivity contribution < 1.29 is 0 Å². The van der Waals surface area contributed by atoms with E-state index < -0.39 is 0 Å². The van der Waals surface area contributed by atoms with Crippen molar-refractivity contribution in [3.8, 4) is 0 Å². The summed E-state index contributed by atoms with van der Waals surface area (Å²) in [7, 11) is 0. The van der Waals surface area contributed by atoms with Gasteiger partial charge in [0.2, 0.25) is 0 Å². The Morgan fingerprint density at radius 3 is 1.93 bits per heavy atom. The maximum Gasteiger partial charge on any atom is 0.146 e. The maximum atomic E-state index is 5.82. The normalized spacial score (nSPS) is 32.4. The monoisotopic (exact) mass is 232 g/mol. The predicted molar refractivity (Wildman–Crippen MR) is 65.9 cm³/mol. The molecule has 80 valence electrons. The van der Waals surface area contributed by atoms with E-state index >= 15 is 0 Å². The first-order valence-corrected chi connectivity index (χ1v) is 6.93. The molecular formula is C11H19BCl2. The second-order valence-electron chi connectivity index (χ2n) is 5.01. The molecule has 0 unspecified atom stereocenters. The van der Waals surface area contributed by atoms with Crippen LogP contribution in [0.15, 0.2) is 0 Å². The molecule has 0 amide bonds. The van der Waals surface area contributed by atoms with Crippen LogP contribution < -0.4 is 0 Å². The van der Waals surface area contributed by atoms with E-state index in [0.717, 1.165) is 24.8 Å². The fourth-order valence-corrected chi connectivity index (χ4v) is 3.86. The average molecular weight is 233 g/mol. The van der Waals surface area contributed by atoms with Crippen molar-refractivity contribution >= 4 is 29.9 Å². The summed E-state index contributed by atoms with van der Waals surface area (Å²) in [6.45, 7) is 0.956. The first-order valence-electron chi connectivity index (χ1n) is 6.05. The second-order valence-corrected chi connectivity index (χ2v) is 6.29. The minimum atomic E-state index is -0.141. The summed E-state index contributed by atoms with van der Waals surface area (Å²) >= 11 is 11.6. The molecule has 0 nitrogen and oxygen atoms in total. The topological polar surface area (TPSA) is 0 Å². The minimum Gasteiger partial charge on any atom is -0.105 e. The lowest BCUT2D eigenvalue weighted by Gasteiger charge is -2.40. The molecular weight excluding hydrogens is 214 g/mol. The van der Waals surface area contributed by atoms with Gasteiger partial charge in [0.15, 0.2) is 0 Å². The van der Waals surface area contributed by atoms with Crippen LogP contribution in [-0.2, 0) is 0 Å². The van der Waals surface area contributed by atoms with Crippen LogP contribution in [0.1, 0.15) is 44.9 Å². The Labute approximate surface area is 97.8 Å². The Balaban J connectivity index is 1.88. The third kappa shape index (κ3) is 2.61. The molecule has 2 saturated heterocycles. The zero-order valence-electron chi connectivity index (χ0n) is 8.72. The number of fused-ring (bicyclic) bond motifs is 2. The van der Waals surface area contributed by atoms with Crippen LogP contribution in [-0.4, -0.2) is 11.5 Å². The summed E-state index contributed by atoms with van der Waals surface area (Å²) in [5.74, 6) is 2.02. The first-order chi connectivity index (χ1) is 6.77. The fourth-order valence-electron chi connectivity index (χ4n) is 3.60. The Kier molecular flexibility index (Phi) is 4.07. The number of hydrogen-bond donors (Lipinski definition) is 0. The van der Waals surface area contributed by atoms with E-state index in [1.165, 1.54) is 44.8 Å². The molecule has 2 aliphatic rings. The molecule has 0 radical (unpaired) electrons. The van der Waals surface area contributed by atoms with Crippen molar-refractivity contribution in [2.45, 2.75) is 67.7 Å². The van der Waals surface area contributed by atoms with Crippen LogP contribution in [0.5, 0.6) is 0 Å². The number of alkyl halides is 2. The SMILES string of the molecule is ClC(Cl)CCB1C2CCCC1CCC2. The van der Waals surface area contributed by atoms with Crippen molar-refractivity contribution in [2.75, 3.05) is 0 Å². The minimum absolute atomic E-state index is 0.141. The highest BCUT2D eigenvalue weighted by Gasteiger charge is 2.38. The highest BCUT2D eigenvalue weighted by Crippen LogP contribution is 2.48. The predicted octanol–water partition coefficient (Wildman–Crippen LogP) is 4.78. The molecule has 2 heterocycles. The van der Waals surface area contributed by atoms with Gasteiger partial charge in [-0.05, 0) is 6.42 Å². The molecule has 14 heavy (non-hydrogen) atoms. The molecule has 0 aromatic rings. The van der Waals surface area contributed by atoms with Gasteiger partial charge in [-0.2, -0.15) is 0 Å². The van der Waals surface area contributed by atoms with E-state index in [9.17, 15) is 0 Å². The molecule has 0 N–H and O–H groups in total. The molecule has 2 aliphatic heterocycles. The molecule has 0 aromatic heterocycles. The Morgan fingerprint density at radius 1 is 1.00 bits per heavy atom. The van der Waals surface area contributed by atoms with Gasteiger partial charge in [0.05, 0.1) is 0 Å². The molecule has 2 rings (SSSR count). The van der Waals surface area contributed by atoms with Gasteiger partial charge in [-0.25, -0.2) is 0 Å². The fraction of sp³-hybridized carbons (Fsp3) is 1.00. The van der Waals surface area contributed by atoms with Crippen LogP contribution >= 0.6 is 23.2 Å². The first kappa shape index (κ1) is 11.1. The molecule has 0 aliphatic carbocycles. The Morgan fingerprint density at radius 2 is 1.50 bits per heavy atom. The lowest BCUT2D eigenvalue weighted by atomic mass is 9.26. The molecule has 0 atom stereocenters. The van der Waals surface area contributed by atoms with E-state index in [0.29, 0.717) is 0 Å². The summed E-state index contributed by atoms with van der Waals surface area (Å²) < 4.78 is 0.